The van der Waals surface area contributed by atoms with E-state index in [-0.39, 0.29) is 11.3 Å². The van der Waals surface area contributed by atoms with E-state index in [0.717, 1.165) is 18.8 Å². The van der Waals surface area contributed by atoms with E-state index in [1.54, 1.807) is 13.8 Å². The van der Waals surface area contributed by atoms with Gasteiger partial charge in [-0.1, -0.05) is 13.3 Å². The first-order valence-corrected chi connectivity index (χ1v) is 7.51. The zero-order valence-corrected chi connectivity index (χ0v) is 10.8. The largest absolute Gasteiger partial charge is 0.214 e. The molecule has 0 atom stereocenters. The lowest BCUT2D eigenvalue weighted by Crippen LogP contribution is -2.40. The van der Waals surface area contributed by atoms with Gasteiger partial charge in [-0.15, -0.1) is 0 Å². The molecule has 1 saturated carbocycles. The summed E-state index contributed by atoms with van der Waals surface area (Å²) < 4.78 is 26.1. The third kappa shape index (κ3) is 3.76. The summed E-state index contributed by atoms with van der Waals surface area (Å²) in [6.07, 6.45) is 5.57. The van der Waals surface area contributed by atoms with Crippen LogP contribution in [0.15, 0.2) is 0 Å². The van der Waals surface area contributed by atoms with E-state index < -0.39 is 10.0 Å². The van der Waals surface area contributed by atoms with Crippen LogP contribution in [0.4, 0.5) is 0 Å². The van der Waals surface area contributed by atoms with Crippen LogP contribution in [0.25, 0.3) is 0 Å². The van der Waals surface area contributed by atoms with Crippen molar-refractivity contribution in [2.45, 2.75) is 64.2 Å². The molecule has 1 fully saturated rings. The maximum Gasteiger partial charge on any atom is 0.214 e. The predicted molar refractivity (Wildman–Crippen MR) is 63.2 cm³/mol. The minimum absolute atomic E-state index is 0.181. The second-order valence-corrected chi connectivity index (χ2v) is 7.11. The molecule has 0 spiro atoms. The Morgan fingerprint density at radius 2 is 1.73 bits per heavy atom. The molecule has 0 aromatic carbocycles. The molecule has 0 radical (unpaired) electrons. The van der Waals surface area contributed by atoms with E-state index in [1.165, 1.54) is 19.3 Å². The average molecular weight is 233 g/mol. The molecule has 0 heterocycles. The van der Waals surface area contributed by atoms with Gasteiger partial charge in [-0.05, 0) is 45.4 Å². The van der Waals surface area contributed by atoms with E-state index >= 15 is 0 Å². The fraction of sp³-hybridized carbons (Fsp3) is 1.00. The number of rotatable bonds is 4. The molecule has 90 valence electrons. The maximum absolute atomic E-state index is 11.6. The van der Waals surface area contributed by atoms with Gasteiger partial charge in [0.1, 0.15) is 0 Å². The van der Waals surface area contributed by atoms with Gasteiger partial charge >= 0.3 is 0 Å². The molecule has 3 nitrogen and oxygen atoms in total. The van der Waals surface area contributed by atoms with Gasteiger partial charge in [-0.3, -0.25) is 0 Å². The highest BCUT2D eigenvalue weighted by molar-refractivity contribution is 7.90. The van der Waals surface area contributed by atoms with Crippen molar-refractivity contribution in [3.63, 3.8) is 0 Å². The van der Waals surface area contributed by atoms with Crippen LogP contribution in [0.2, 0.25) is 0 Å². The van der Waals surface area contributed by atoms with Gasteiger partial charge in [0.25, 0.3) is 0 Å². The first-order chi connectivity index (χ1) is 6.95. The molecular weight excluding hydrogens is 210 g/mol. The van der Waals surface area contributed by atoms with Crippen molar-refractivity contribution in [1.82, 2.24) is 4.72 Å². The van der Waals surface area contributed by atoms with Gasteiger partial charge in [0.15, 0.2) is 0 Å². The summed E-state index contributed by atoms with van der Waals surface area (Å²) in [5, 5.41) is -0.318. The first kappa shape index (κ1) is 13.0. The number of hydrogen-bond donors (Lipinski definition) is 1. The van der Waals surface area contributed by atoms with Crippen molar-refractivity contribution >= 4 is 10.0 Å². The van der Waals surface area contributed by atoms with Gasteiger partial charge in [0, 0.05) is 6.04 Å². The Labute approximate surface area is 93.7 Å². The SMILES string of the molecule is CCC1CCC(NS(=O)(=O)C(C)C)CC1. The minimum Gasteiger partial charge on any atom is -0.212 e. The lowest BCUT2D eigenvalue weighted by atomic mass is 9.85. The fourth-order valence-electron chi connectivity index (χ4n) is 2.06. The third-order valence-electron chi connectivity index (χ3n) is 3.38. The summed E-state index contributed by atoms with van der Waals surface area (Å²) >= 11 is 0. The van der Waals surface area contributed by atoms with Crippen LogP contribution in [0.5, 0.6) is 0 Å². The molecule has 0 aromatic heterocycles. The molecule has 0 saturated heterocycles. The van der Waals surface area contributed by atoms with E-state index in [4.69, 9.17) is 0 Å². The van der Waals surface area contributed by atoms with Crippen molar-refractivity contribution in [3.05, 3.63) is 0 Å². The van der Waals surface area contributed by atoms with Gasteiger partial charge in [-0.2, -0.15) is 0 Å². The average Bonchev–Trinajstić information content (AvgIpc) is 2.18. The summed E-state index contributed by atoms with van der Waals surface area (Å²) in [5.41, 5.74) is 0. The molecule has 1 aliphatic rings. The normalized spacial score (nSPS) is 28.3. The molecule has 1 aliphatic carbocycles. The molecule has 15 heavy (non-hydrogen) atoms. The molecule has 4 heteroatoms. The Balaban J connectivity index is 2.42. The van der Waals surface area contributed by atoms with Crippen LogP contribution in [0, 0.1) is 5.92 Å². The smallest absolute Gasteiger partial charge is 0.212 e. The van der Waals surface area contributed by atoms with Crippen LogP contribution >= 0.6 is 0 Å². The highest BCUT2D eigenvalue weighted by Gasteiger charge is 2.25. The Hall–Kier alpha value is -0.0900. The van der Waals surface area contributed by atoms with Crippen LogP contribution in [0.3, 0.4) is 0 Å². The van der Waals surface area contributed by atoms with Crippen molar-refractivity contribution in [2.24, 2.45) is 5.92 Å². The van der Waals surface area contributed by atoms with Gasteiger partial charge in [-0.25, -0.2) is 13.1 Å². The zero-order valence-electron chi connectivity index (χ0n) is 9.99. The highest BCUT2D eigenvalue weighted by atomic mass is 32.2. The zero-order chi connectivity index (χ0) is 11.5. The summed E-state index contributed by atoms with van der Waals surface area (Å²) in [6, 6.07) is 0.181. The fourth-order valence-corrected chi connectivity index (χ4v) is 3.03. The van der Waals surface area contributed by atoms with Crippen molar-refractivity contribution < 1.29 is 8.42 Å². The van der Waals surface area contributed by atoms with Crippen LogP contribution < -0.4 is 4.72 Å². The van der Waals surface area contributed by atoms with E-state index in [1.807, 2.05) is 0 Å². The van der Waals surface area contributed by atoms with Crippen molar-refractivity contribution in [1.29, 1.82) is 0 Å². The highest BCUT2D eigenvalue weighted by Crippen LogP contribution is 2.26. The number of nitrogens with one attached hydrogen (secondary N) is 1. The molecule has 0 aliphatic heterocycles. The Morgan fingerprint density at radius 3 is 2.13 bits per heavy atom. The topological polar surface area (TPSA) is 46.2 Å². The second kappa shape index (κ2) is 5.30. The summed E-state index contributed by atoms with van der Waals surface area (Å²) in [4.78, 5) is 0. The second-order valence-electron chi connectivity index (χ2n) is 4.84. The van der Waals surface area contributed by atoms with Gasteiger partial charge in [0.2, 0.25) is 10.0 Å². The van der Waals surface area contributed by atoms with Crippen LogP contribution in [-0.4, -0.2) is 19.7 Å². The van der Waals surface area contributed by atoms with Crippen LogP contribution in [0.1, 0.15) is 52.9 Å². The number of sulfonamides is 1. The van der Waals surface area contributed by atoms with Crippen LogP contribution in [-0.2, 0) is 10.0 Å². The molecule has 0 unspecified atom stereocenters. The predicted octanol–water partition coefficient (Wildman–Crippen LogP) is 2.28. The Kier molecular flexibility index (Phi) is 4.59. The molecule has 0 aromatic rings. The van der Waals surface area contributed by atoms with Gasteiger partial charge < -0.3 is 0 Å². The molecular formula is C11H23NO2S. The lowest BCUT2D eigenvalue weighted by molar-refractivity contribution is 0.306. The maximum atomic E-state index is 11.6. The monoisotopic (exact) mass is 233 g/mol. The van der Waals surface area contributed by atoms with Crippen molar-refractivity contribution in [2.75, 3.05) is 0 Å². The molecule has 0 amide bonds. The standard InChI is InChI=1S/C11H23NO2S/c1-4-10-5-7-11(8-6-10)12-15(13,14)9(2)3/h9-12H,4-8H2,1-3H3. The van der Waals surface area contributed by atoms with E-state index in [0.29, 0.717) is 0 Å². The Bertz CT molecular complexity index is 277. The molecule has 0 bridgehead atoms. The molecule has 1 N–H and O–H groups in total. The Morgan fingerprint density at radius 1 is 1.20 bits per heavy atom. The summed E-state index contributed by atoms with van der Waals surface area (Å²) in [5.74, 6) is 0.810. The van der Waals surface area contributed by atoms with Gasteiger partial charge in [0.05, 0.1) is 5.25 Å². The summed E-state index contributed by atoms with van der Waals surface area (Å²) in [7, 11) is -3.07. The van der Waals surface area contributed by atoms with Crippen molar-refractivity contribution in [3.8, 4) is 0 Å². The molecule has 1 rings (SSSR count). The van der Waals surface area contributed by atoms with E-state index in [2.05, 4.69) is 11.6 Å². The summed E-state index contributed by atoms with van der Waals surface area (Å²) in [6.45, 7) is 5.66. The lowest BCUT2D eigenvalue weighted by Gasteiger charge is -2.28. The third-order valence-corrected chi connectivity index (χ3v) is 5.28. The van der Waals surface area contributed by atoms with E-state index in [9.17, 15) is 8.42 Å². The quantitative estimate of drug-likeness (QED) is 0.809. The number of hydrogen-bond acceptors (Lipinski definition) is 2. The minimum atomic E-state index is -3.07. The first-order valence-electron chi connectivity index (χ1n) is 5.96.